The van der Waals surface area contributed by atoms with Gasteiger partial charge < -0.3 is 15.4 Å². The minimum atomic E-state index is -0.0298. The van der Waals surface area contributed by atoms with Crippen LogP contribution in [0.15, 0.2) is 11.8 Å². The number of hydrogen-bond acceptors (Lipinski definition) is 3. The van der Waals surface area contributed by atoms with Crippen LogP contribution in [0.3, 0.4) is 0 Å². The van der Waals surface area contributed by atoms with Crippen LogP contribution >= 0.6 is 0 Å². The zero-order valence-electron chi connectivity index (χ0n) is 10.4. The number of allylic oxidation sites excluding steroid dienone is 1. The second-order valence-corrected chi connectivity index (χ2v) is 4.68. The first-order valence-corrected chi connectivity index (χ1v) is 5.78. The highest BCUT2D eigenvalue weighted by Crippen LogP contribution is 2.26. The highest BCUT2D eigenvalue weighted by atomic mass is 16.5. The van der Waals surface area contributed by atoms with Gasteiger partial charge in [-0.05, 0) is 46.4 Å². The topological polar surface area (TPSA) is 38.5 Å². The molecule has 88 valence electrons. The van der Waals surface area contributed by atoms with Gasteiger partial charge in [-0.3, -0.25) is 0 Å². The van der Waals surface area contributed by atoms with Crippen LogP contribution in [-0.2, 0) is 4.74 Å². The maximum absolute atomic E-state index is 6.30. The van der Waals surface area contributed by atoms with E-state index < -0.39 is 0 Å². The molecule has 0 aromatic heterocycles. The van der Waals surface area contributed by atoms with Crippen LogP contribution in [-0.4, -0.2) is 37.2 Å². The Morgan fingerprint density at radius 1 is 1.60 bits per heavy atom. The molecule has 0 spiro atoms. The molecular weight excluding hydrogens is 188 g/mol. The number of nitrogens with two attached hydrogens (primary N) is 1. The minimum absolute atomic E-state index is 0.0246. The van der Waals surface area contributed by atoms with Gasteiger partial charge in [-0.1, -0.05) is 6.92 Å². The van der Waals surface area contributed by atoms with Crippen molar-refractivity contribution < 1.29 is 4.74 Å². The molecular formula is C12H24N2O. The predicted molar refractivity (Wildman–Crippen MR) is 63.6 cm³/mol. The van der Waals surface area contributed by atoms with Gasteiger partial charge >= 0.3 is 0 Å². The fraction of sp³-hybridized carbons (Fsp3) is 0.833. The highest BCUT2D eigenvalue weighted by Gasteiger charge is 2.35. The van der Waals surface area contributed by atoms with Crippen LogP contribution in [0.5, 0.6) is 0 Å². The van der Waals surface area contributed by atoms with Crippen LogP contribution in [0.2, 0.25) is 0 Å². The molecule has 0 aliphatic carbocycles. The van der Waals surface area contributed by atoms with E-state index in [1.807, 2.05) is 0 Å². The minimum Gasteiger partial charge on any atom is -0.497 e. The molecule has 0 amide bonds. The predicted octanol–water partition coefficient (Wildman–Crippen LogP) is 1.74. The van der Waals surface area contributed by atoms with Crippen molar-refractivity contribution in [3.63, 3.8) is 0 Å². The summed E-state index contributed by atoms with van der Waals surface area (Å²) >= 11 is 0. The van der Waals surface area contributed by atoms with E-state index >= 15 is 0 Å². The largest absolute Gasteiger partial charge is 0.497 e. The molecule has 2 atom stereocenters. The standard InChI is InChI=1S/C12H24N2O/c1-5-12(2,14(3)4)11(13)10-8-6-7-9-15-10/h8,11H,5-7,9,13H2,1-4H3. The van der Waals surface area contributed by atoms with Crippen molar-refractivity contribution in [3.8, 4) is 0 Å². The van der Waals surface area contributed by atoms with Crippen molar-refractivity contribution in [1.82, 2.24) is 4.90 Å². The lowest BCUT2D eigenvalue weighted by molar-refractivity contribution is 0.0926. The summed E-state index contributed by atoms with van der Waals surface area (Å²) in [7, 11) is 4.15. The number of hydrogen-bond donors (Lipinski definition) is 1. The van der Waals surface area contributed by atoms with Gasteiger partial charge in [-0.2, -0.15) is 0 Å². The average molecular weight is 212 g/mol. The first-order chi connectivity index (χ1) is 7.02. The van der Waals surface area contributed by atoms with Crippen molar-refractivity contribution in [2.24, 2.45) is 5.73 Å². The third kappa shape index (κ3) is 2.52. The zero-order valence-corrected chi connectivity index (χ0v) is 10.4. The zero-order chi connectivity index (χ0) is 11.5. The summed E-state index contributed by atoms with van der Waals surface area (Å²) in [6.45, 7) is 5.17. The summed E-state index contributed by atoms with van der Waals surface area (Å²) in [5, 5.41) is 0. The van der Waals surface area contributed by atoms with Crippen LogP contribution in [0, 0.1) is 0 Å². The number of nitrogens with zero attached hydrogens (tertiary/aromatic N) is 1. The van der Waals surface area contributed by atoms with Crippen LogP contribution in [0.4, 0.5) is 0 Å². The fourth-order valence-corrected chi connectivity index (χ4v) is 1.91. The van der Waals surface area contributed by atoms with Crippen molar-refractivity contribution in [2.75, 3.05) is 20.7 Å². The van der Waals surface area contributed by atoms with Gasteiger partial charge in [0.1, 0.15) is 5.76 Å². The van der Waals surface area contributed by atoms with Gasteiger partial charge in [-0.25, -0.2) is 0 Å². The first-order valence-electron chi connectivity index (χ1n) is 5.78. The summed E-state index contributed by atoms with van der Waals surface area (Å²) in [5.74, 6) is 0.972. The summed E-state index contributed by atoms with van der Waals surface area (Å²) in [6, 6.07) is -0.0298. The Kier molecular flexibility index (Phi) is 4.17. The average Bonchev–Trinajstić information content (AvgIpc) is 2.28. The lowest BCUT2D eigenvalue weighted by Gasteiger charge is -2.41. The molecule has 1 aliphatic heterocycles. The number of rotatable bonds is 4. The summed E-state index contributed by atoms with van der Waals surface area (Å²) in [6.07, 6.45) is 5.37. The van der Waals surface area contributed by atoms with Gasteiger partial charge in [0, 0.05) is 5.54 Å². The van der Waals surface area contributed by atoms with Gasteiger partial charge in [0.15, 0.2) is 0 Å². The second-order valence-electron chi connectivity index (χ2n) is 4.68. The maximum Gasteiger partial charge on any atom is 0.111 e. The van der Waals surface area contributed by atoms with Gasteiger partial charge in [0.05, 0.1) is 12.6 Å². The Balaban J connectivity index is 2.80. The summed E-state index contributed by atoms with van der Waals surface area (Å²) < 4.78 is 5.65. The molecule has 0 aromatic carbocycles. The molecule has 3 nitrogen and oxygen atoms in total. The molecule has 1 rings (SSSR count). The summed E-state index contributed by atoms with van der Waals surface area (Å²) in [4.78, 5) is 2.19. The number of likely N-dealkylation sites (N-methyl/N-ethyl adjacent to an activating group) is 1. The monoisotopic (exact) mass is 212 g/mol. The molecule has 2 unspecified atom stereocenters. The van der Waals surface area contributed by atoms with E-state index in [1.165, 1.54) is 0 Å². The van der Waals surface area contributed by atoms with E-state index in [-0.39, 0.29) is 11.6 Å². The number of ether oxygens (including phenoxy) is 1. The van der Waals surface area contributed by atoms with Crippen molar-refractivity contribution in [3.05, 3.63) is 11.8 Å². The fourth-order valence-electron chi connectivity index (χ4n) is 1.91. The van der Waals surface area contributed by atoms with E-state index in [9.17, 15) is 0 Å². The van der Waals surface area contributed by atoms with Gasteiger partial charge in [0.25, 0.3) is 0 Å². The van der Waals surface area contributed by atoms with Crippen molar-refractivity contribution in [1.29, 1.82) is 0 Å². The highest BCUT2D eigenvalue weighted by molar-refractivity contribution is 5.13. The Hall–Kier alpha value is -0.540. The molecule has 0 radical (unpaired) electrons. The van der Waals surface area contributed by atoms with Crippen molar-refractivity contribution in [2.45, 2.75) is 44.7 Å². The molecule has 1 heterocycles. The molecule has 3 heteroatoms. The Labute approximate surface area is 93.3 Å². The van der Waals surface area contributed by atoms with Gasteiger partial charge in [0.2, 0.25) is 0 Å². The first kappa shape index (κ1) is 12.5. The van der Waals surface area contributed by atoms with Gasteiger partial charge in [-0.15, -0.1) is 0 Å². The van der Waals surface area contributed by atoms with Crippen LogP contribution < -0.4 is 5.73 Å². The van der Waals surface area contributed by atoms with E-state index in [4.69, 9.17) is 10.5 Å². The summed E-state index contributed by atoms with van der Waals surface area (Å²) in [5.41, 5.74) is 6.28. The normalized spacial score (nSPS) is 22.9. The molecule has 15 heavy (non-hydrogen) atoms. The molecule has 0 bridgehead atoms. The lowest BCUT2D eigenvalue weighted by Crippen LogP contribution is -2.56. The van der Waals surface area contributed by atoms with E-state index in [0.29, 0.717) is 0 Å². The lowest BCUT2D eigenvalue weighted by atomic mass is 9.86. The molecule has 0 saturated heterocycles. The Morgan fingerprint density at radius 2 is 2.27 bits per heavy atom. The van der Waals surface area contributed by atoms with E-state index in [1.54, 1.807) is 0 Å². The Bertz CT molecular complexity index is 238. The maximum atomic E-state index is 6.30. The molecule has 2 N–H and O–H groups in total. The van der Waals surface area contributed by atoms with E-state index in [0.717, 1.165) is 31.6 Å². The second kappa shape index (κ2) is 4.99. The smallest absolute Gasteiger partial charge is 0.111 e. The van der Waals surface area contributed by atoms with E-state index in [2.05, 4.69) is 38.9 Å². The van der Waals surface area contributed by atoms with Crippen LogP contribution in [0.1, 0.15) is 33.1 Å². The molecule has 0 saturated carbocycles. The molecule has 0 fully saturated rings. The SMILES string of the molecule is CCC(C)(C(N)C1=CCCCO1)N(C)C. The Morgan fingerprint density at radius 3 is 2.67 bits per heavy atom. The molecule has 0 aromatic rings. The quantitative estimate of drug-likeness (QED) is 0.771. The third-order valence-corrected chi connectivity index (χ3v) is 3.68. The van der Waals surface area contributed by atoms with Crippen LogP contribution in [0.25, 0.3) is 0 Å². The molecule has 1 aliphatic rings. The van der Waals surface area contributed by atoms with Crippen molar-refractivity contribution >= 4 is 0 Å². The third-order valence-electron chi connectivity index (χ3n) is 3.68.